The highest BCUT2D eigenvalue weighted by Crippen LogP contribution is 2.26. The number of nitrogens with one attached hydrogen (secondary N) is 1. The largest absolute Gasteiger partial charge is 0.504 e. The van der Waals surface area contributed by atoms with Crippen molar-refractivity contribution >= 4 is 41.3 Å². The van der Waals surface area contributed by atoms with Crippen LogP contribution in [0.3, 0.4) is 0 Å². The van der Waals surface area contributed by atoms with E-state index < -0.39 is 0 Å². The van der Waals surface area contributed by atoms with Gasteiger partial charge in [-0.2, -0.15) is 0 Å². The highest BCUT2D eigenvalue weighted by molar-refractivity contribution is 14.0. The number of nitrogens with two attached hydrogens (primary N) is 1. The van der Waals surface area contributed by atoms with Crippen molar-refractivity contribution in [3.05, 3.63) is 46.2 Å². The lowest BCUT2D eigenvalue weighted by molar-refractivity contribution is 0.318. The van der Waals surface area contributed by atoms with E-state index in [1.165, 1.54) is 4.88 Å². The molecule has 0 saturated heterocycles. The predicted octanol–water partition coefficient (Wildman–Crippen LogP) is 3.12. The van der Waals surface area contributed by atoms with Crippen LogP contribution in [0.4, 0.5) is 0 Å². The number of hydrogen-bond acceptors (Lipinski definition) is 4. The van der Waals surface area contributed by atoms with Gasteiger partial charge in [0.15, 0.2) is 17.5 Å². The quantitative estimate of drug-likeness (QED) is 0.346. The van der Waals surface area contributed by atoms with E-state index in [9.17, 15) is 5.11 Å². The SMILES string of the molecule is CCOc1cc(CN=C(N)NCCc2cccs2)ccc1O.I. The third-order valence-corrected chi connectivity index (χ3v) is 3.95. The van der Waals surface area contributed by atoms with Gasteiger partial charge in [-0.05, 0) is 42.5 Å². The maximum absolute atomic E-state index is 9.65. The number of nitrogens with zero attached hydrogens (tertiary/aromatic N) is 1. The number of benzene rings is 1. The molecule has 1 heterocycles. The summed E-state index contributed by atoms with van der Waals surface area (Å²) >= 11 is 1.73. The van der Waals surface area contributed by atoms with E-state index in [0.717, 1.165) is 18.5 Å². The molecule has 4 N–H and O–H groups in total. The van der Waals surface area contributed by atoms with Crippen LogP contribution >= 0.6 is 35.3 Å². The van der Waals surface area contributed by atoms with Crippen molar-refractivity contribution in [2.45, 2.75) is 19.9 Å². The van der Waals surface area contributed by atoms with E-state index in [-0.39, 0.29) is 29.7 Å². The summed E-state index contributed by atoms with van der Waals surface area (Å²) < 4.78 is 5.35. The fraction of sp³-hybridized carbons (Fsp3) is 0.312. The standard InChI is InChI=1S/C16H21N3O2S.HI/c1-2-21-15-10-12(5-6-14(15)20)11-19-16(17)18-8-7-13-4-3-9-22-13;/h3-6,9-10,20H,2,7-8,11H2,1H3,(H3,17,18,19);1H. The molecule has 0 atom stereocenters. The fourth-order valence-corrected chi connectivity index (χ4v) is 2.64. The first-order valence-corrected chi connectivity index (χ1v) is 8.08. The van der Waals surface area contributed by atoms with Crippen molar-refractivity contribution in [1.82, 2.24) is 5.32 Å². The van der Waals surface area contributed by atoms with Crippen molar-refractivity contribution in [1.29, 1.82) is 0 Å². The summed E-state index contributed by atoms with van der Waals surface area (Å²) in [6, 6.07) is 9.33. The third kappa shape index (κ3) is 6.66. The summed E-state index contributed by atoms with van der Waals surface area (Å²) in [5.41, 5.74) is 6.78. The van der Waals surface area contributed by atoms with Crippen molar-refractivity contribution < 1.29 is 9.84 Å². The smallest absolute Gasteiger partial charge is 0.188 e. The summed E-state index contributed by atoms with van der Waals surface area (Å²) in [5, 5.41) is 14.8. The molecule has 0 aliphatic carbocycles. The summed E-state index contributed by atoms with van der Waals surface area (Å²) in [7, 11) is 0. The molecule has 126 valence electrons. The van der Waals surface area contributed by atoms with E-state index >= 15 is 0 Å². The molecule has 23 heavy (non-hydrogen) atoms. The zero-order chi connectivity index (χ0) is 15.8. The molecule has 0 amide bonds. The zero-order valence-electron chi connectivity index (χ0n) is 13.0. The van der Waals surface area contributed by atoms with Gasteiger partial charge in [0.25, 0.3) is 0 Å². The van der Waals surface area contributed by atoms with Crippen LogP contribution in [0.5, 0.6) is 11.5 Å². The van der Waals surface area contributed by atoms with Crippen LogP contribution in [0.2, 0.25) is 0 Å². The lowest BCUT2D eigenvalue weighted by atomic mass is 10.2. The Kier molecular flexibility index (Phi) is 8.78. The number of rotatable bonds is 7. The van der Waals surface area contributed by atoms with Crippen LogP contribution in [0.25, 0.3) is 0 Å². The Bertz CT molecular complexity index is 618. The fourth-order valence-electron chi connectivity index (χ4n) is 1.93. The van der Waals surface area contributed by atoms with E-state index in [1.54, 1.807) is 29.5 Å². The first-order chi connectivity index (χ1) is 10.7. The van der Waals surface area contributed by atoms with Crippen LogP contribution < -0.4 is 15.8 Å². The molecule has 5 nitrogen and oxygen atoms in total. The van der Waals surface area contributed by atoms with Crippen molar-refractivity contribution in [2.75, 3.05) is 13.2 Å². The van der Waals surface area contributed by atoms with Crippen LogP contribution in [0.15, 0.2) is 40.7 Å². The summed E-state index contributed by atoms with van der Waals surface area (Å²) in [4.78, 5) is 5.61. The second kappa shape index (κ2) is 10.3. The molecule has 0 bridgehead atoms. The van der Waals surface area contributed by atoms with Gasteiger partial charge in [0.05, 0.1) is 13.2 Å². The molecular weight excluding hydrogens is 425 g/mol. The van der Waals surface area contributed by atoms with Gasteiger partial charge >= 0.3 is 0 Å². The number of aliphatic imine (C=N–C) groups is 1. The normalized spacial score (nSPS) is 10.9. The molecular formula is C16H22IN3O2S. The molecule has 0 spiro atoms. The van der Waals surface area contributed by atoms with Crippen molar-refractivity contribution in [3.8, 4) is 11.5 Å². The van der Waals surface area contributed by atoms with E-state index in [1.807, 2.05) is 13.0 Å². The predicted molar refractivity (Wildman–Crippen MR) is 106 cm³/mol. The second-order valence-corrected chi connectivity index (χ2v) is 5.72. The first kappa shape index (κ1) is 19.6. The molecule has 2 rings (SSSR count). The number of guanidine groups is 1. The first-order valence-electron chi connectivity index (χ1n) is 7.20. The Hall–Kier alpha value is -1.48. The third-order valence-electron chi connectivity index (χ3n) is 3.01. The Morgan fingerprint density at radius 2 is 2.22 bits per heavy atom. The molecule has 1 aromatic heterocycles. The minimum absolute atomic E-state index is 0. The molecule has 2 aromatic rings. The topological polar surface area (TPSA) is 79.9 Å². The summed E-state index contributed by atoms with van der Waals surface area (Å²) in [6.45, 7) is 3.58. The number of phenolic OH excluding ortho intramolecular Hbond substituents is 1. The van der Waals surface area contributed by atoms with Gasteiger partial charge in [0.1, 0.15) is 0 Å². The Morgan fingerprint density at radius 1 is 1.39 bits per heavy atom. The summed E-state index contributed by atoms with van der Waals surface area (Å²) in [5.74, 6) is 1.03. The Morgan fingerprint density at radius 3 is 2.91 bits per heavy atom. The monoisotopic (exact) mass is 447 g/mol. The van der Waals surface area contributed by atoms with Gasteiger partial charge in [0, 0.05) is 11.4 Å². The number of hydrogen-bond donors (Lipinski definition) is 3. The van der Waals surface area contributed by atoms with Crippen LogP contribution in [0.1, 0.15) is 17.4 Å². The number of halogens is 1. The van der Waals surface area contributed by atoms with Crippen LogP contribution in [0, 0.1) is 0 Å². The molecule has 1 aromatic carbocycles. The van der Waals surface area contributed by atoms with E-state index in [0.29, 0.717) is 24.9 Å². The molecule has 0 aliphatic rings. The van der Waals surface area contributed by atoms with Crippen molar-refractivity contribution in [2.24, 2.45) is 10.7 Å². The van der Waals surface area contributed by atoms with Crippen LogP contribution in [-0.2, 0) is 13.0 Å². The average Bonchev–Trinajstić information content (AvgIpc) is 3.01. The zero-order valence-corrected chi connectivity index (χ0v) is 16.1. The molecule has 0 unspecified atom stereocenters. The molecule has 0 aliphatic heterocycles. The van der Waals surface area contributed by atoms with Gasteiger partial charge < -0.3 is 20.9 Å². The minimum atomic E-state index is 0. The average molecular weight is 447 g/mol. The minimum Gasteiger partial charge on any atom is -0.504 e. The highest BCUT2D eigenvalue weighted by atomic mass is 127. The van der Waals surface area contributed by atoms with E-state index in [2.05, 4.69) is 21.8 Å². The molecule has 0 radical (unpaired) electrons. The van der Waals surface area contributed by atoms with Gasteiger partial charge in [-0.3, -0.25) is 0 Å². The number of aromatic hydroxyl groups is 1. The summed E-state index contributed by atoms with van der Waals surface area (Å²) in [6.07, 6.45) is 0.932. The maximum Gasteiger partial charge on any atom is 0.188 e. The van der Waals surface area contributed by atoms with Gasteiger partial charge in [-0.1, -0.05) is 12.1 Å². The number of ether oxygens (including phenoxy) is 1. The lowest BCUT2D eigenvalue weighted by Crippen LogP contribution is -2.33. The lowest BCUT2D eigenvalue weighted by Gasteiger charge is -2.08. The molecule has 7 heteroatoms. The highest BCUT2D eigenvalue weighted by Gasteiger charge is 2.03. The van der Waals surface area contributed by atoms with Gasteiger partial charge in [0.2, 0.25) is 0 Å². The van der Waals surface area contributed by atoms with Crippen LogP contribution in [-0.4, -0.2) is 24.2 Å². The molecule has 0 fully saturated rings. The van der Waals surface area contributed by atoms with Crippen molar-refractivity contribution in [3.63, 3.8) is 0 Å². The number of thiophene rings is 1. The maximum atomic E-state index is 9.65. The van der Waals surface area contributed by atoms with E-state index in [4.69, 9.17) is 10.5 Å². The molecule has 0 saturated carbocycles. The Labute approximate surface area is 157 Å². The Balaban J connectivity index is 0.00000264. The van der Waals surface area contributed by atoms with Gasteiger partial charge in [-0.15, -0.1) is 35.3 Å². The number of phenols is 1. The van der Waals surface area contributed by atoms with Gasteiger partial charge in [-0.25, -0.2) is 4.99 Å². The second-order valence-electron chi connectivity index (χ2n) is 4.69.